The Morgan fingerprint density at radius 2 is 2.13 bits per heavy atom. The molecule has 1 amide bonds. The monoisotopic (exact) mass is 348 g/mol. The number of benzene rings is 2. The normalized spacial score (nSPS) is 11.6. The molecule has 0 radical (unpaired) electrons. The van der Waals surface area contributed by atoms with Crippen molar-refractivity contribution in [2.24, 2.45) is 5.92 Å². The molecule has 1 atom stereocenters. The predicted octanol–water partition coefficient (Wildman–Crippen LogP) is 4.98. The van der Waals surface area contributed by atoms with Crippen molar-refractivity contribution in [1.29, 1.82) is 5.26 Å². The quantitative estimate of drug-likeness (QED) is 0.775. The van der Waals surface area contributed by atoms with Crippen LogP contribution in [0.3, 0.4) is 0 Å². The second-order valence-electron chi connectivity index (χ2n) is 4.92. The minimum Gasteiger partial charge on any atom is -0.321 e. The molecule has 1 unspecified atom stereocenters. The summed E-state index contributed by atoms with van der Waals surface area (Å²) in [4.78, 5) is 13.2. The molecule has 0 aromatic heterocycles. The highest BCUT2D eigenvalue weighted by atomic mass is 35.5. The summed E-state index contributed by atoms with van der Waals surface area (Å²) < 4.78 is 13.1. The van der Waals surface area contributed by atoms with Crippen molar-refractivity contribution >= 4 is 35.0 Å². The van der Waals surface area contributed by atoms with Crippen LogP contribution in [0.25, 0.3) is 0 Å². The third-order valence-corrected chi connectivity index (χ3v) is 4.67. The third kappa shape index (κ3) is 4.72. The first-order chi connectivity index (χ1) is 11.0. The number of nitriles is 1. The number of hydrogen-bond donors (Lipinski definition) is 1. The van der Waals surface area contributed by atoms with E-state index in [1.807, 2.05) is 19.1 Å². The first-order valence-corrected chi connectivity index (χ1v) is 8.25. The highest BCUT2D eigenvalue weighted by molar-refractivity contribution is 7.99. The van der Waals surface area contributed by atoms with Crippen molar-refractivity contribution in [3.05, 3.63) is 58.9 Å². The number of thioether (sulfide) groups is 1. The number of para-hydroxylation sites is 1. The van der Waals surface area contributed by atoms with Crippen LogP contribution in [0.2, 0.25) is 5.02 Å². The van der Waals surface area contributed by atoms with Crippen LogP contribution in [0.5, 0.6) is 0 Å². The van der Waals surface area contributed by atoms with Crippen LogP contribution < -0.4 is 5.32 Å². The van der Waals surface area contributed by atoms with Gasteiger partial charge < -0.3 is 5.32 Å². The topological polar surface area (TPSA) is 52.9 Å². The molecule has 118 valence electrons. The Labute approximate surface area is 143 Å². The molecule has 2 aromatic rings. The van der Waals surface area contributed by atoms with Gasteiger partial charge in [-0.15, -0.1) is 11.8 Å². The summed E-state index contributed by atoms with van der Waals surface area (Å²) >= 11 is 7.40. The molecule has 0 saturated heterocycles. The van der Waals surface area contributed by atoms with E-state index in [9.17, 15) is 9.18 Å². The van der Waals surface area contributed by atoms with Crippen molar-refractivity contribution in [3.8, 4) is 6.07 Å². The second kappa shape index (κ2) is 8.00. The molecule has 0 bridgehead atoms. The van der Waals surface area contributed by atoms with Crippen LogP contribution in [0.4, 0.5) is 10.1 Å². The Hall–Kier alpha value is -2.03. The summed E-state index contributed by atoms with van der Waals surface area (Å²) in [7, 11) is 0. The number of carbonyl (C=O) groups is 1. The third-order valence-electron chi connectivity index (χ3n) is 3.02. The number of rotatable bonds is 5. The zero-order chi connectivity index (χ0) is 16.8. The molecular formula is C17H14ClFN2OS. The van der Waals surface area contributed by atoms with Crippen LogP contribution in [-0.4, -0.2) is 11.7 Å². The number of carbonyl (C=O) groups excluding carboxylic acids is 1. The van der Waals surface area contributed by atoms with Crippen LogP contribution in [-0.2, 0) is 0 Å². The number of nitrogens with zero attached hydrogens (tertiary/aromatic N) is 1. The van der Waals surface area contributed by atoms with Gasteiger partial charge in [-0.3, -0.25) is 4.79 Å². The van der Waals surface area contributed by atoms with Gasteiger partial charge >= 0.3 is 0 Å². The van der Waals surface area contributed by atoms with E-state index in [1.165, 1.54) is 23.9 Å². The molecule has 3 nitrogen and oxygen atoms in total. The maximum absolute atomic E-state index is 13.1. The fraction of sp³-hybridized carbons (Fsp3) is 0.176. The van der Waals surface area contributed by atoms with Gasteiger partial charge in [-0.1, -0.05) is 23.7 Å². The molecule has 2 rings (SSSR count). The standard InChI is InChI=1S/C17H14ClFN2OS/c1-11(9-20)10-23-16-5-3-2-4-15(16)21-17(22)13-7-6-12(19)8-14(13)18/h2-8,11H,10H2,1H3,(H,21,22). The van der Waals surface area contributed by atoms with E-state index in [2.05, 4.69) is 11.4 Å². The predicted molar refractivity (Wildman–Crippen MR) is 91.3 cm³/mol. The lowest BCUT2D eigenvalue weighted by Gasteiger charge is -2.12. The lowest BCUT2D eigenvalue weighted by molar-refractivity contribution is 0.102. The summed E-state index contributed by atoms with van der Waals surface area (Å²) in [6.45, 7) is 1.84. The van der Waals surface area contributed by atoms with E-state index in [0.717, 1.165) is 11.0 Å². The van der Waals surface area contributed by atoms with Gasteiger partial charge in [0.2, 0.25) is 0 Å². The molecule has 0 aliphatic rings. The number of amides is 1. The van der Waals surface area contributed by atoms with Crippen LogP contribution in [0, 0.1) is 23.1 Å². The molecule has 0 fully saturated rings. The van der Waals surface area contributed by atoms with Crippen molar-refractivity contribution in [2.75, 3.05) is 11.1 Å². The van der Waals surface area contributed by atoms with E-state index in [1.54, 1.807) is 12.1 Å². The van der Waals surface area contributed by atoms with E-state index >= 15 is 0 Å². The van der Waals surface area contributed by atoms with Gasteiger partial charge in [0.15, 0.2) is 0 Å². The molecule has 2 aromatic carbocycles. The highest BCUT2D eigenvalue weighted by Gasteiger charge is 2.13. The molecule has 0 aliphatic heterocycles. The van der Waals surface area contributed by atoms with E-state index in [-0.39, 0.29) is 16.5 Å². The summed E-state index contributed by atoms with van der Waals surface area (Å²) in [5.41, 5.74) is 0.839. The van der Waals surface area contributed by atoms with Gasteiger partial charge in [-0.25, -0.2) is 4.39 Å². The second-order valence-corrected chi connectivity index (χ2v) is 6.38. The minimum absolute atomic E-state index is 0.0609. The van der Waals surface area contributed by atoms with Crippen LogP contribution >= 0.6 is 23.4 Å². The number of hydrogen-bond acceptors (Lipinski definition) is 3. The minimum atomic E-state index is -0.493. The Kier molecular flexibility index (Phi) is 6.03. The number of anilines is 1. The molecule has 0 spiro atoms. The average Bonchev–Trinajstić information content (AvgIpc) is 2.53. The molecule has 23 heavy (non-hydrogen) atoms. The van der Waals surface area contributed by atoms with Gasteiger partial charge in [0.25, 0.3) is 5.91 Å². The smallest absolute Gasteiger partial charge is 0.257 e. The van der Waals surface area contributed by atoms with Gasteiger partial charge in [-0.2, -0.15) is 5.26 Å². The van der Waals surface area contributed by atoms with Gasteiger partial charge in [0.05, 0.1) is 28.3 Å². The fourth-order valence-corrected chi connectivity index (χ4v) is 3.02. The Morgan fingerprint density at radius 3 is 2.83 bits per heavy atom. The van der Waals surface area contributed by atoms with E-state index < -0.39 is 11.7 Å². The van der Waals surface area contributed by atoms with E-state index in [4.69, 9.17) is 16.9 Å². The molecule has 0 aliphatic carbocycles. The summed E-state index contributed by atoms with van der Waals surface area (Å²) in [5, 5.41) is 11.7. The van der Waals surface area contributed by atoms with Gasteiger partial charge in [0.1, 0.15) is 5.82 Å². The average molecular weight is 349 g/mol. The van der Waals surface area contributed by atoms with Gasteiger partial charge in [0, 0.05) is 10.6 Å². The molecule has 1 N–H and O–H groups in total. The molecule has 0 saturated carbocycles. The number of nitrogens with one attached hydrogen (secondary N) is 1. The zero-order valence-corrected chi connectivity index (χ0v) is 13.9. The summed E-state index contributed by atoms with van der Waals surface area (Å²) in [6.07, 6.45) is 0. The van der Waals surface area contributed by atoms with E-state index in [0.29, 0.717) is 11.4 Å². The SMILES string of the molecule is CC(C#N)CSc1ccccc1NC(=O)c1ccc(F)cc1Cl. The first kappa shape index (κ1) is 17.3. The summed E-state index contributed by atoms with van der Waals surface area (Å²) in [6, 6.07) is 13.1. The van der Waals surface area contributed by atoms with Crippen molar-refractivity contribution in [2.45, 2.75) is 11.8 Å². The molecular weight excluding hydrogens is 335 g/mol. The van der Waals surface area contributed by atoms with Crippen molar-refractivity contribution in [3.63, 3.8) is 0 Å². The maximum atomic E-state index is 13.1. The lowest BCUT2D eigenvalue weighted by Crippen LogP contribution is -2.13. The molecule has 0 heterocycles. The summed E-state index contributed by atoms with van der Waals surface area (Å²) in [5.74, 6) is -0.361. The lowest BCUT2D eigenvalue weighted by atomic mass is 10.2. The number of halogens is 2. The first-order valence-electron chi connectivity index (χ1n) is 6.89. The Bertz CT molecular complexity index is 760. The highest BCUT2D eigenvalue weighted by Crippen LogP contribution is 2.29. The fourth-order valence-electron chi connectivity index (χ4n) is 1.81. The van der Waals surface area contributed by atoms with Crippen molar-refractivity contribution in [1.82, 2.24) is 0 Å². The van der Waals surface area contributed by atoms with Crippen molar-refractivity contribution < 1.29 is 9.18 Å². The van der Waals surface area contributed by atoms with Crippen LogP contribution in [0.1, 0.15) is 17.3 Å². The van der Waals surface area contributed by atoms with Gasteiger partial charge in [-0.05, 0) is 37.3 Å². The Balaban J connectivity index is 2.16. The largest absolute Gasteiger partial charge is 0.321 e. The Morgan fingerprint density at radius 1 is 1.39 bits per heavy atom. The van der Waals surface area contributed by atoms with Crippen LogP contribution in [0.15, 0.2) is 47.4 Å². The maximum Gasteiger partial charge on any atom is 0.257 e. The molecule has 6 heteroatoms. The zero-order valence-electron chi connectivity index (χ0n) is 12.3.